The van der Waals surface area contributed by atoms with Gasteiger partial charge in [-0.2, -0.15) is 5.26 Å². The van der Waals surface area contributed by atoms with Gasteiger partial charge in [-0.3, -0.25) is 0 Å². The van der Waals surface area contributed by atoms with Crippen LogP contribution in [0.4, 0.5) is 10.8 Å². The molecule has 8 heteroatoms. The Balaban J connectivity index is 1.84. The van der Waals surface area contributed by atoms with Crippen LogP contribution in [0.1, 0.15) is 5.69 Å². The normalized spacial score (nSPS) is 10.2. The Morgan fingerprint density at radius 2 is 2.10 bits per heavy atom. The van der Waals surface area contributed by atoms with Crippen molar-refractivity contribution in [3.8, 4) is 17.5 Å². The van der Waals surface area contributed by atoms with Gasteiger partial charge in [0, 0.05) is 16.1 Å². The fourth-order valence-corrected chi connectivity index (χ4v) is 2.42. The third kappa shape index (κ3) is 2.47. The molecule has 98 valence electrons. The summed E-state index contributed by atoms with van der Waals surface area (Å²) in [7, 11) is 0. The van der Waals surface area contributed by atoms with Crippen molar-refractivity contribution >= 4 is 33.8 Å². The van der Waals surface area contributed by atoms with Crippen molar-refractivity contribution in [2.45, 2.75) is 0 Å². The lowest BCUT2D eigenvalue weighted by Crippen LogP contribution is -1.89. The Kier molecular flexibility index (Phi) is 3.33. The van der Waals surface area contributed by atoms with Gasteiger partial charge in [0.1, 0.15) is 17.5 Å². The highest BCUT2D eigenvalue weighted by atomic mass is 35.5. The fourth-order valence-electron chi connectivity index (χ4n) is 1.58. The molecule has 20 heavy (non-hydrogen) atoms. The number of nitriles is 1. The topological polar surface area (TPSA) is 90.3 Å². The first-order valence-corrected chi connectivity index (χ1v) is 6.81. The van der Waals surface area contributed by atoms with E-state index in [1.807, 2.05) is 23.6 Å². The summed E-state index contributed by atoms with van der Waals surface area (Å²) in [6.45, 7) is 0. The van der Waals surface area contributed by atoms with Crippen LogP contribution in [0.5, 0.6) is 0 Å². The molecule has 3 rings (SSSR count). The number of hydrogen-bond acceptors (Lipinski definition) is 6. The van der Waals surface area contributed by atoms with Gasteiger partial charge in [0.05, 0.1) is 0 Å². The van der Waals surface area contributed by atoms with Crippen molar-refractivity contribution in [3.05, 3.63) is 40.4 Å². The van der Waals surface area contributed by atoms with Crippen LogP contribution in [0.25, 0.3) is 11.4 Å². The first kappa shape index (κ1) is 12.6. The van der Waals surface area contributed by atoms with E-state index in [9.17, 15) is 0 Å². The molecule has 0 aliphatic heterocycles. The van der Waals surface area contributed by atoms with Crippen LogP contribution in [0.2, 0.25) is 5.02 Å². The zero-order valence-corrected chi connectivity index (χ0v) is 11.5. The van der Waals surface area contributed by atoms with E-state index < -0.39 is 0 Å². The summed E-state index contributed by atoms with van der Waals surface area (Å²) in [5.74, 6) is 0. The van der Waals surface area contributed by atoms with Crippen LogP contribution in [-0.4, -0.2) is 20.4 Å². The molecule has 0 atom stereocenters. The van der Waals surface area contributed by atoms with Gasteiger partial charge in [-0.1, -0.05) is 16.8 Å². The minimum Gasteiger partial charge on any atom is -0.332 e. The minimum atomic E-state index is 0.299. The largest absolute Gasteiger partial charge is 0.332 e. The molecule has 1 aromatic carbocycles. The summed E-state index contributed by atoms with van der Waals surface area (Å²) in [4.78, 5) is 4.38. The van der Waals surface area contributed by atoms with Crippen molar-refractivity contribution in [2.75, 3.05) is 5.32 Å². The number of hydrogen-bond donors (Lipinski definition) is 2. The van der Waals surface area contributed by atoms with Crippen LogP contribution >= 0.6 is 22.9 Å². The number of anilines is 2. The number of rotatable bonds is 3. The first-order chi connectivity index (χ1) is 9.76. The molecule has 0 aliphatic rings. The second-order valence-corrected chi connectivity index (χ2v) is 5.11. The van der Waals surface area contributed by atoms with Crippen molar-refractivity contribution < 1.29 is 0 Å². The lowest BCUT2D eigenvalue weighted by molar-refractivity contribution is 0.936. The molecule has 0 saturated heterocycles. The molecule has 0 unspecified atom stereocenters. The van der Waals surface area contributed by atoms with Gasteiger partial charge in [0.25, 0.3) is 0 Å². The van der Waals surface area contributed by atoms with Gasteiger partial charge in [-0.25, -0.2) is 10.1 Å². The van der Waals surface area contributed by atoms with Crippen LogP contribution < -0.4 is 5.32 Å². The van der Waals surface area contributed by atoms with E-state index in [-0.39, 0.29) is 0 Å². The number of nitrogens with zero attached hydrogens (tertiary/aromatic N) is 4. The maximum atomic E-state index is 8.92. The number of H-pyrrole nitrogens is 1. The molecule has 0 spiro atoms. The highest BCUT2D eigenvalue weighted by Gasteiger charge is 2.13. The summed E-state index contributed by atoms with van der Waals surface area (Å²) in [6, 6.07) is 9.30. The van der Waals surface area contributed by atoms with Crippen molar-refractivity contribution in [1.82, 2.24) is 20.4 Å². The van der Waals surface area contributed by atoms with Gasteiger partial charge >= 0.3 is 0 Å². The third-order valence-corrected chi connectivity index (χ3v) is 3.51. The standard InChI is InChI=1S/C12H7ClN6S/c13-7-1-3-8(4-2-7)15-12-16-10(6-20-12)11-9(5-14)17-19-18-11/h1-4,6H,(H,15,16)(H,17,18,19). The average molecular weight is 303 g/mol. The minimum absolute atomic E-state index is 0.299. The first-order valence-electron chi connectivity index (χ1n) is 5.56. The van der Waals surface area contributed by atoms with E-state index in [2.05, 4.69) is 25.7 Å². The predicted octanol–water partition coefficient (Wildman–Crippen LogP) is 3.20. The summed E-state index contributed by atoms with van der Waals surface area (Å²) in [5, 5.41) is 25.3. The van der Waals surface area contributed by atoms with Crippen molar-refractivity contribution in [1.29, 1.82) is 5.26 Å². The van der Waals surface area contributed by atoms with Crippen LogP contribution in [0, 0.1) is 11.3 Å². The second kappa shape index (κ2) is 5.28. The molecule has 2 aromatic heterocycles. The van der Waals surface area contributed by atoms with Crippen LogP contribution in [-0.2, 0) is 0 Å². The SMILES string of the molecule is N#Cc1[nH]nnc1-c1csc(Nc2ccc(Cl)cc2)n1. The average Bonchev–Trinajstić information content (AvgIpc) is 3.09. The van der Waals surface area contributed by atoms with Crippen molar-refractivity contribution in [2.24, 2.45) is 0 Å². The number of aromatic nitrogens is 4. The van der Waals surface area contributed by atoms with E-state index in [1.165, 1.54) is 11.3 Å². The molecule has 2 N–H and O–H groups in total. The van der Waals surface area contributed by atoms with Gasteiger partial charge in [0.15, 0.2) is 10.8 Å². The maximum Gasteiger partial charge on any atom is 0.187 e. The Bertz CT molecular complexity index is 770. The fraction of sp³-hybridized carbons (Fsp3) is 0. The van der Waals surface area contributed by atoms with Crippen molar-refractivity contribution in [3.63, 3.8) is 0 Å². The molecule has 0 bridgehead atoms. The Hall–Kier alpha value is -2.43. The smallest absolute Gasteiger partial charge is 0.187 e. The van der Waals surface area contributed by atoms with Gasteiger partial charge in [-0.05, 0) is 24.3 Å². The molecule has 2 heterocycles. The van der Waals surface area contributed by atoms with E-state index >= 15 is 0 Å². The number of nitrogens with one attached hydrogen (secondary N) is 2. The van der Waals surface area contributed by atoms with Crippen LogP contribution in [0.15, 0.2) is 29.6 Å². The quantitative estimate of drug-likeness (QED) is 0.775. The summed E-state index contributed by atoms with van der Waals surface area (Å²) in [6.07, 6.45) is 0. The van der Waals surface area contributed by atoms with Crippen LogP contribution in [0.3, 0.4) is 0 Å². The zero-order valence-electron chi connectivity index (χ0n) is 9.96. The monoisotopic (exact) mass is 302 g/mol. The maximum absolute atomic E-state index is 8.92. The predicted molar refractivity (Wildman–Crippen MR) is 76.9 cm³/mol. The third-order valence-electron chi connectivity index (χ3n) is 2.50. The van der Waals surface area contributed by atoms with E-state index in [1.54, 1.807) is 12.1 Å². The number of benzene rings is 1. The van der Waals surface area contributed by atoms with Gasteiger partial charge in [0.2, 0.25) is 0 Å². The molecule has 6 nitrogen and oxygen atoms in total. The van der Waals surface area contributed by atoms with Gasteiger partial charge < -0.3 is 5.32 Å². The zero-order chi connectivity index (χ0) is 13.9. The summed E-state index contributed by atoms with van der Waals surface area (Å²) >= 11 is 7.25. The van der Waals surface area contributed by atoms with E-state index in [4.69, 9.17) is 16.9 Å². The molecule has 0 saturated carbocycles. The molecule has 3 aromatic rings. The van der Waals surface area contributed by atoms with Gasteiger partial charge in [-0.15, -0.1) is 16.4 Å². The molecule has 0 fully saturated rings. The lowest BCUT2D eigenvalue weighted by atomic mass is 10.3. The number of thiazole rings is 1. The lowest BCUT2D eigenvalue weighted by Gasteiger charge is -2.01. The molecule has 0 radical (unpaired) electrons. The highest BCUT2D eigenvalue weighted by Crippen LogP contribution is 2.27. The summed E-state index contributed by atoms with van der Waals surface area (Å²) in [5.41, 5.74) is 2.24. The molecular formula is C12H7ClN6S. The van der Waals surface area contributed by atoms with E-state index in [0.29, 0.717) is 27.2 Å². The Morgan fingerprint density at radius 3 is 2.85 bits per heavy atom. The molecule has 0 aliphatic carbocycles. The second-order valence-electron chi connectivity index (χ2n) is 3.82. The highest BCUT2D eigenvalue weighted by molar-refractivity contribution is 7.14. The molecule has 0 amide bonds. The summed E-state index contributed by atoms with van der Waals surface area (Å²) < 4.78 is 0. The molecular weight excluding hydrogens is 296 g/mol. The van der Waals surface area contributed by atoms with E-state index in [0.717, 1.165) is 5.69 Å². The Morgan fingerprint density at radius 1 is 1.30 bits per heavy atom. The Labute approximate surface area is 123 Å². The number of halogens is 1. The number of aromatic amines is 1.